The van der Waals surface area contributed by atoms with Gasteiger partial charge in [0.2, 0.25) is 0 Å². The van der Waals surface area contributed by atoms with Crippen molar-refractivity contribution in [3.8, 4) is 22.6 Å². The van der Waals surface area contributed by atoms with Gasteiger partial charge >= 0.3 is 24.9 Å². The van der Waals surface area contributed by atoms with Crippen molar-refractivity contribution >= 4 is 29.4 Å². The molecule has 0 aromatic heterocycles. The first-order valence-electron chi connectivity index (χ1n) is 7.86. The van der Waals surface area contributed by atoms with Crippen LogP contribution < -0.4 is 13.9 Å². The van der Waals surface area contributed by atoms with Crippen LogP contribution >= 0.6 is 7.82 Å². The number of phosphoric ester groups is 1. The maximum Gasteiger partial charge on any atom is 1.00 e. The summed E-state index contributed by atoms with van der Waals surface area (Å²) >= 11 is 0. The summed E-state index contributed by atoms with van der Waals surface area (Å²) < 4.78 is 22.8. The van der Waals surface area contributed by atoms with E-state index in [2.05, 4.69) is 0 Å². The fourth-order valence-electron chi connectivity index (χ4n) is 3.43. The normalized spacial score (nSPS) is 14.3. The maximum absolute atomic E-state index is 12.3. The first-order valence-corrected chi connectivity index (χ1v) is 9.33. The van der Waals surface area contributed by atoms with Gasteiger partial charge in [0.25, 0.3) is 0 Å². The van der Waals surface area contributed by atoms with Gasteiger partial charge in [0.1, 0.15) is 11.5 Å². The summed E-state index contributed by atoms with van der Waals surface area (Å²) in [4.78, 5) is 12.3. The van der Waals surface area contributed by atoms with E-state index in [4.69, 9.17) is 9.05 Å². The number of hydrogen-bond acceptors (Lipinski definition) is 4. The molecule has 0 aliphatic carbocycles. The van der Waals surface area contributed by atoms with E-state index in [-0.39, 0.29) is 28.6 Å². The van der Waals surface area contributed by atoms with Crippen LogP contribution in [0.5, 0.6) is 11.5 Å². The Labute approximate surface area is 160 Å². The van der Waals surface area contributed by atoms with Gasteiger partial charge in [0.05, 0.1) is 0 Å². The Morgan fingerprint density at radius 1 is 0.654 bits per heavy atom. The minimum atomic E-state index is -4.50. The molecule has 4 nitrogen and oxygen atoms in total. The molecule has 0 saturated heterocycles. The number of fused-ring (bicyclic) bond motifs is 7. The molecule has 1 aliphatic rings. The van der Waals surface area contributed by atoms with Crippen LogP contribution in [0.15, 0.2) is 72.8 Å². The first-order chi connectivity index (χ1) is 12.1. The monoisotopic (exact) mass is 410 g/mol. The van der Waals surface area contributed by atoms with E-state index in [0.717, 1.165) is 32.7 Å². The van der Waals surface area contributed by atoms with Crippen LogP contribution in [-0.2, 0) is 21.6 Å². The van der Waals surface area contributed by atoms with Crippen LogP contribution in [0.1, 0.15) is 0 Å². The molecule has 132 valence electrons. The Hall–Kier alpha value is -2.29. The third-order valence-electron chi connectivity index (χ3n) is 4.45. The minimum absolute atomic E-state index is 0. The number of phosphoric acid groups is 1. The predicted octanol–water partition coefficient (Wildman–Crippen LogP) is 4.90. The van der Waals surface area contributed by atoms with Gasteiger partial charge in [-0.2, -0.15) is 0 Å². The molecule has 0 unspecified atom stereocenters. The Morgan fingerprint density at radius 2 is 1.08 bits per heavy atom. The van der Waals surface area contributed by atoms with Crippen LogP contribution in [0.3, 0.4) is 0 Å². The van der Waals surface area contributed by atoms with Crippen molar-refractivity contribution in [1.29, 1.82) is 0 Å². The average Bonchev–Trinajstić information content (AvgIpc) is 2.73. The Bertz CT molecular complexity index is 1110. The van der Waals surface area contributed by atoms with E-state index in [9.17, 15) is 9.46 Å². The fourth-order valence-corrected chi connectivity index (χ4v) is 4.25. The number of benzene rings is 4. The van der Waals surface area contributed by atoms with Crippen LogP contribution in [-0.4, -0.2) is 0 Å². The second kappa shape index (κ2) is 6.15. The summed E-state index contributed by atoms with van der Waals surface area (Å²) in [6.07, 6.45) is 0. The molecule has 1 aliphatic heterocycles. The molecule has 5 rings (SSSR count). The molecule has 0 amide bonds. The molecule has 26 heavy (non-hydrogen) atoms. The van der Waals surface area contributed by atoms with Crippen molar-refractivity contribution in [3.63, 3.8) is 0 Å². The molecule has 1 heterocycles. The van der Waals surface area contributed by atoms with E-state index in [1.54, 1.807) is 12.1 Å². The van der Waals surface area contributed by atoms with Crippen LogP contribution in [0.4, 0.5) is 0 Å². The molecule has 0 fully saturated rings. The molecule has 0 N–H and O–H groups in total. The summed E-state index contributed by atoms with van der Waals surface area (Å²) in [5.41, 5.74) is 1.47. The third kappa shape index (κ3) is 2.61. The molecule has 4 aromatic carbocycles. The fraction of sp³-hybridized carbons (Fsp3) is 0. The van der Waals surface area contributed by atoms with Crippen molar-refractivity contribution in [2.75, 3.05) is 0 Å². The van der Waals surface area contributed by atoms with E-state index >= 15 is 0 Å². The van der Waals surface area contributed by atoms with Gasteiger partial charge in [-0.3, -0.25) is 0 Å². The van der Waals surface area contributed by atoms with E-state index in [1.807, 2.05) is 60.7 Å². The topological polar surface area (TPSA) is 58.6 Å². The summed E-state index contributed by atoms with van der Waals surface area (Å²) in [5, 5.41) is 3.85. The standard InChI is InChI=1S/C20H13O4P.Cu/c21-25(22)23-17-11-9-13-5-1-3-7-15(13)19(17)20-16-8-4-2-6-14(16)10-12-18(20)24-25;/h1-12H,(H,21,22);/q;+1/p-1. The van der Waals surface area contributed by atoms with Crippen LogP contribution in [0.2, 0.25) is 0 Å². The zero-order chi connectivity index (χ0) is 17.0. The van der Waals surface area contributed by atoms with Crippen molar-refractivity contribution in [2.45, 2.75) is 0 Å². The minimum Gasteiger partial charge on any atom is -0.736 e. The molecule has 0 radical (unpaired) electrons. The van der Waals surface area contributed by atoms with Gasteiger partial charge in [0.15, 0.2) is 0 Å². The zero-order valence-corrected chi connectivity index (χ0v) is 15.1. The molecule has 0 bridgehead atoms. The quantitative estimate of drug-likeness (QED) is 0.305. The molecule has 0 atom stereocenters. The summed E-state index contributed by atoms with van der Waals surface area (Å²) in [7, 11) is -4.50. The van der Waals surface area contributed by atoms with Crippen molar-refractivity contribution in [3.05, 3.63) is 72.8 Å². The molecule has 0 saturated carbocycles. The Morgan fingerprint density at radius 3 is 1.54 bits per heavy atom. The van der Waals surface area contributed by atoms with Crippen LogP contribution in [0.25, 0.3) is 32.7 Å². The molecule has 6 heteroatoms. The Kier molecular flexibility index (Phi) is 4.06. The van der Waals surface area contributed by atoms with Gasteiger partial charge in [0, 0.05) is 11.1 Å². The van der Waals surface area contributed by atoms with E-state index in [1.165, 1.54) is 0 Å². The molecule has 4 aromatic rings. The second-order valence-corrected chi connectivity index (χ2v) is 7.21. The zero-order valence-electron chi connectivity index (χ0n) is 13.3. The van der Waals surface area contributed by atoms with Crippen molar-refractivity contribution in [2.24, 2.45) is 0 Å². The van der Waals surface area contributed by atoms with Gasteiger partial charge in [-0.05, 0) is 33.7 Å². The van der Waals surface area contributed by atoms with Crippen molar-refractivity contribution in [1.82, 2.24) is 0 Å². The van der Waals surface area contributed by atoms with Crippen LogP contribution in [0, 0.1) is 0 Å². The number of rotatable bonds is 0. The van der Waals surface area contributed by atoms with E-state index in [0.29, 0.717) is 0 Å². The van der Waals surface area contributed by atoms with E-state index < -0.39 is 7.82 Å². The largest absolute Gasteiger partial charge is 1.00 e. The summed E-state index contributed by atoms with van der Waals surface area (Å²) in [5.74, 6) is 0.569. The van der Waals surface area contributed by atoms with Gasteiger partial charge in [-0.25, -0.2) is 4.57 Å². The second-order valence-electron chi connectivity index (χ2n) is 5.95. The molecule has 0 spiro atoms. The summed E-state index contributed by atoms with van der Waals surface area (Å²) in [6, 6.07) is 22.7. The average molecular weight is 411 g/mol. The van der Waals surface area contributed by atoms with Gasteiger partial charge in [-0.1, -0.05) is 60.7 Å². The van der Waals surface area contributed by atoms with Gasteiger partial charge in [-0.15, -0.1) is 0 Å². The molecular weight excluding hydrogens is 399 g/mol. The Balaban J connectivity index is 0.00000168. The maximum atomic E-state index is 12.3. The molecular formula is C20H12CuO4P. The van der Waals surface area contributed by atoms with Gasteiger partial charge < -0.3 is 13.9 Å². The summed E-state index contributed by atoms with van der Waals surface area (Å²) in [6.45, 7) is 0. The smallest absolute Gasteiger partial charge is 0.736 e. The number of hydrogen-bond donors (Lipinski definition) is 0. The SMILES string of the molecule is O=P1([O-])Oc2ccc3ccccc3c2-c2c(ccc3ccccc23)O1.[Cu+]. The first kappa shape index (κ1) is 17.1. The van der Waals surface area contributed by atoms with Crippen molar-refractivity contribution < 1.29 is 35.6 Å². The predicted molar refractivity (Wildman–Crippen MR) is 95.8 cm³/mol. The third-order valence-corrected chi connectivity index (χ3v) is 5.29.